The van der Waals surface area contributed by atoms with Crippen LogP contribution in [0.5, 0.6) is 0 Å². The summed E-state index contributed by atoms with van der Waals surface area (Å²) in [4.78, 5) is 42.2. The third-order valence-electron chi connectivity index (χ3n) is 14.2. The molecule has 64 heavy (non-hydrogen) atoms. The van der Waals surface area contributed by atoms with Crippen molar-refractivity contribution in [1.82, 2.24) is 19.9 Å². The number of H-pyrrole nitrogens is 2. The molecule has 0 saturated heterocycles. The first-order valence-corrected chi connectivity index (χ1v) is 20.1. The van der Waals surface area contributed by atoms with Gasteiger partial charge in [0.05, 0.1) is 96.4 Å². The number of esters is 2. The van der Waals surface area contributed by atoms with E-state index in [4.69, 9.17) is 19.4 Å². The molecular weight excluding hydrogens is 809 g/mol. The van der Waals surface area contributed by atoms with Crippen molar-refractivity contribution >= 4 is 45.2 Å². The summed E-state index contributed by atoms with van der Waals surface area (Å²) in [6.07, 6.45) is 3.03. The molecule has 314 valence electrons. The van der Waals surface area contributed by atoms with Gasteiger partial charge >= 0.3 is 11.9 Å². The SMILES string of the molecule is COC(=O)CCc1c(C)c2cc3nc(cc4[nH]c(cc5nc(cc1[nH]2)C1(C)C5=CCC(C#N)(C#N)C1(C#N)C#N)c(C)c4CCC(=O)OC)C1(C)C3=CCC(C#N)(C#N)C1(C#N)C#N. The van der Waals surface area contributed by atoms with Gasteiger partial charge in [-0.1, -0.05) is 12.2 Å². The van der Waals surface area contributed by atoms with E-state index in [0.717, 1.165) is 0 Å². The van der Waals surface area contributed by atoms with E-state index in [-0.39, 0.29) is 49.9 Å². The fourth-order valence-corrected chi connectivity index (χ4v) is 10.2. The van der Waals surface area contributed by atoms with Crippen LogP contribution in [0.15, 0.2) is 36.4 Å². The number of allylic oxidation sites excluding steroid dienone is 4. The highest BCUT2D eigenvalue weighted by atomic mass is 16.5. The van der Waals surface area contributed by atoms with Crippen LogP contribution < -0.4 is 0 Å². The Bertz CT molecular complexity index is 2950. The van der Waals surface area contributed by atoms with Crippen molar-refractivity contribution in [3.8, 4) is 48.6 Å². The van der Waals surface area contributed by atoms with Crippen LogP contribution in [0.3, 0.4) is 0 Å². The smallest absolute Gasteiger partial charge is 0.305 e. The van der Waals surface area contributed by atoms with Crippen molar-refractivity contribution in [1.29, 1.82) is 42.1 Å². The van der Waals surface area contributed by atoms with Gasteiger partial charge in [0.2, 0.25) is 0 Å². The van der Waals surface area contributed by atoms with Crippen LogP contribution in [-0.2, 0) is 42.7 Å². The van der Waals surface area contributed by atoms with Gasteiger partial charge < -0.3 is 19.4 Å². The third-order valence-corrected chi connectivity index (χ3v) is 14.2. The normalized spacial score (nSPS) is 21.3. The van der Waals surface area contributed by atoms with Crippen LogP contribution in [0.4, 0.5) is 0 Å². The minimum atomic E-state index is -2.28. The average Bonchev–Trinajstić information content (AvgIpc) is 3.96. The van der Waals surface area contributed by atoms with Crippen molar-refractivity contribution in [2.45, 2.75) is 77.0 Å². The van der Waals surface area contributed by atoms with Gasteiger partial charge in [-0.15, -0.1) is 0 Å². The maximum Gasteiger partial charge on any atom is 0.305 e. The first-order chi connectivity index (χ1) is 30.5. The van der Waals surface area contributed by atoms with Crippen molar-refractivity contribution in [2.75, 3.05) is 14.2 Å². The molecule has 3 aromatic heterocycles. The van der Waals surface area contributed by atoms with Gasteiger partial charge in [-0.25, -0.2) is 0 Å². The highest BCUT2D eigenvalue weighted by Crippen LogP contribution is 2.65. The summed E-state index contributed by atoms with van der Waals surface area (Å²) >= 11 is 0. The number of nitrogens with one attached hydrogen (secondary N) is 2. The number of carbonyl (C=O) groups is 2. The van der Waals surface area contributed by atoms with Crippen LogP contribution in [0.1, 0.15) is 84.6 Å². The highest BCUT2D eigenvalue weighted by Gasteiger charge is 2.71. The maximum absolute atomic E-state index is 12.6. The number of hydrogen-bond acceptors (Lipinski definition) is 14. The second-order valence-corrected chi connectivity index (χ2v) is 16.7. The molecule has 2 aliphatic carbocycles. The second kappa shape index (κ2) is 15.1. The number of methoxy groups -OCH3 is 2. The predicted molar refractivity (Wildman–Crippen MR) is 226 cm³/mol. The van der Waals surface area contributed by atoms with Gasteiger partial charge in [0.15, 0.2) is 21.7 Å². The molecule has 7 rings (SSSR count). The number of aryl methyl sites for hydroxylation is 4. The van der Waals surface area contributed by atoms with Gasteiger partial charge in [0.25, 0.3) is 0 Å². The van der Waals surface area contributed by atoms with E-state index >= 15 is 0 Å². The van der Waals surface area contributed by atoms with Crippen LogP contribution in [-0.4, -0.2) is 46.1 Å². The number of aromatic amines is 2. The van der Waals surface area contributed by atoms with E-state index in [9.17, 15) is 51.7 Å². The number of fused-ring (bicyclic) bond motifs is 14. The topological polar surface area (TPSA) is 300 Å². The fourth-order valence-electron chi connectivity index (χ4n) is 10.2. The number of ether oxygens (including phenoxy) is 2. The Balaban J connectivity index is 1.72. The molecule has 2 aliphatic heterocycles. The van der Waals surface area contributed by atoms with Crippen LogP contribution in [0, 0.1) is 126 Å². The lowest BCUT2D eigenvalue weighted by Crippen LogP contribution is -2.54. The summed E-state index contributed by atoms with van der Waals surface area (Å²) in [5.41, 5.74) is -5.98. The Morgan fingerprint density at radius 2 is 0.922 bits per heavy atom. The lowest BCUT2D eigenvalue weighted by Gasteiger charge is -2.46. The highest BCUT2D eigenvalue weighted by molar-refractivity contribution is 5.88. The van der Waals surface area contributed by atoms with Gasteiger partial charge in [-0.05, 0) is 98.2 Å². The summed E-state index contributed by atoms with van der Waals surface area (Å²) in [5.74, 6) is -0.979. The summed E-state index contributed by atoms with van der Waals surface area (Å²) in [7, 11) is 2.55. The first-order valence-electron chi connectivity index (χ1n) is 20.1. The van der Waals surface area contributed by atoms with E-state index < -0.39 is 44.4 Å². The largest absolute Gasteiger partial charge is 0.469 e. The number of rotatable bonds is 6. The van der Waals surface area contributed by atoms with Gasteiger partial charge in [0, 0.05) is 47.8 Å². The molecule has 0 saturated carbocycles. The zero-order valence-corrected chi connectivity index (χ0v) is 35.8. The zero-order chi connectivity index (χ0) is 46.6. The number of nitrogens with zero attached hydrogens (tertiary/aromatic N) is 10. The Morgan fingerprint density at radius 1 is 0.578 bits per heavy atom. The third kappa shape index (κ3) is 5.37. The summed E-state index contributed by atoms with van der Waals surface area (Å²) in [6, 6.07) is 23.2. The molecule has 0 aromatic carbocycles. The van der Waals surface area contributed by atoms with Crippen molar-refractivity contribution in [3.63, 3.8) is 0 Å². The molecular formula is C48H38N12O4. The maximum atomic E-state index is 12.6. The minimum absolute atomic E-state index is 0.0390. The van der Waals surface area contributed by atoms with E-state index in [1.54, 1.807) is 50.3 Å². The van der Waals surface area contributed by atoms with E-state index in [2.05, 4.69) is 34.2 Å². The monoisotopic (exact) mass is 846 g/mol. The Morgan fingerprint density at radius 3 is 1.22 bits per heavy atom. The zero-order valence-electron chi connectivity index (χ0n) is 35.8. The second-order valence-electron chi connectivity index (χ2n) is 16.7. The number of nitriles is 8. The Hall–Kier alpha value is -8.54. The molecule has 0 radical (unpaired) electrons. The van der Waals surface area contributed by atoms with Gasteiger partial charge in [-0.3, -0.25) is 19.6 Å². The molecule has 0 spiro atoms. The molecule has 0 fully saturated rings. The molecule has 8 bridgehead atoms. The van der Waals surface area contributed by atoms with Crippen molar-refractivity contribution in [3.05, 3.63) is 81.4 Å². The van der Waals surface area contributed by atoms with Gasteiger partial charge in [-0.2, -0.15) is 42.1 Å². The molecule has 4 aliphatic rings. The fraction of sp³-hybridized carbons (Fsp3) is 0.375. The van der Waals surface area contributed by atoms with Crippen molar-refractivity contribution in [2.24, 2.45) is 21.7 Å². The molecule has 3 aromatic rings. The van der Waals surface area contributed by atoms with E-state index in [0.29, 0.717) is 66.9 Å². The first kappa shape index (κ1) is 43.5. The molecule has 16 heteroatoms. The van der Waals surface area contributed by atoms with Crippen LogP contribution >= 0.6 is 0 Å². The lowest BCUT2D eigenvalue weighted by molar-refractivity contribution is -0.141. The molecule has 16 nitrogen and oxygen atoms in total. The Kier molecular flexibility index (Phi) is 10.3. The molecule has 5 heterocycles. The van der Waals surface area contributed by atoms with E-state index in [1.165, 1.54) is 14.2 Å². The minimum Gasteiger partial charge on any atom is -0.469 e. The summed E-state index contributed by atoms with van der Waals surface area (Å²) in [5, 5.41) is 86.4. The molecule has 2 unspecified atom stereocenters. The van der Waals surface area contributed by atoms with Crippen LogP contribution in [0.25, 0.3) is 33.2 Å². The van der Waals surface area contributed by atoms with Gasteiger partial charge in [0.1, 0.15) is 0 Å². The lowest BCUT2D eigenvalue weighted by atomic mass is 9.46. The quantitative estimate of drug-likeness (QED) is 0.242. The number of hydrogen-bond donors (Lipinski definition) is 2. The van der Waals surface area contributed by atoms with E-state index in [1.807, 2.05) is 38.1 Å². The van der Waals surface area contributed by atoms with Crippen molar-refractivity contribution < 1.29 is 19.1 Å². The Labute approximate surface area is 368 Å². The number of aromatic nitrogens is 4. The predicted octanol–water partition coefficient (Wildman–Crippen LogP) is 6.77. The molecule has 2 N–H and O–H groups in total. The standard InChI is InChI=1S/C48H38N12O4/c1-27-29(7-9-41(61)63-5)35-17-39-44(4)32(12-14-46(21-51,22-52)48(44,25-55)26-56)38(60-39)16-34-28(2)30(8-10-42(62)64-6)36(58-34)18-40-43(3)31(37(59-40)15-33(27)57-35)11-13-45(19-49,20-50)47(43,23-53)24-54/h11-12,15-18,57-58H,7-10,13-14H2,1-6H3. The summed E-state index contributed by atoms with van der Waals surface area (Å²) < 4.78 is 9.95. The number of carbonyl (C=O) groups excluding carboxylic acids is 2. The molecule has 0 amide bonds. The van der Waals surface area contributed by atoms with Crippen LogP contribution in [0.2, 0.25) is 0 Å². The average molecular weight is 847 g/mol. The molecule has 2 atom stereocenters. The summed E-state index contributed by atoms with van der Waals surface area (Å²) in [6.45, 7) is 6.86.